The lowest BCUT2D eigenvalue weighted by molar-refractivity contribution is -0.131. The van der Waals surface area contributed by atoms with Crippen molar-refractivity contribution in [2.24, 2.45) is 0 Å². The maximum absolute atomic E-state index is 13.7. The number of aromatic nitrogens is 2. The predicted octanol–water partition coefficient (Wildman–Crippen LogP) is 2.33. The van der Waals surface area contributed by atoms with E-state index >= 15 is 0 Å². The van der Waals surface area contributed by atoms with Crippen molar-refractivity contribution in [1.29, 1.82) is 0 Å². The van der Waals surface area contributed by atoms with Crippen LogP contribution in [-0.4, -0.2) is 27.6 Å². The molecule has 25 heavy (non-hydrogen) atoms. The number of fused-ring (bicyclic) bond motifs is 1. The lowest BCUT2D eigenvalue weighted by Gasteiger charge is -2.18. The van der Waals surface area contributed by atoms with Crippen molar-refractivity contribution in [3.05, 3.63) is 76.2 Å². The highest BCUT2D eigenvalue weighted by atomic mass is 19.1. The second-order valence-corrected chi connectivity index (χ2v) is 5.68. The minimum Gasteiger partial charge on any atom is -0.340 e. The van der Waals surface area contributed by atoms with Gasteiger partial charge in [0, 0.05) is 30.6 Å². The smallest absolute Gasteiger partial charge is 0.275 e. The summed E-state index contributed by atoms with van der Waals surface area (Å²) in [6, 6.07) is 10.1. The summed E-state index contributed by atoms with van der Waals surface area (Å²) in [5.41, 5.74) is -0.177. The van der Waals surface area contributed by atoms with Crippen LogP contribution in [0, 0.1) is 11.6 Å². The second kappa shape index (κ2) is 6.80. The highest BCUT2D eigenvalue weighted by Gasteiger charge is 2.15. The quantitative estimate of drug-likeness (QED) is 0.731. The Morgan fingerprint density at radius 2 is 1.96 bits per heavy atom. The van der Waals surface area contributed by atoms with Crippen LogP contribution in [0.3, 0.4) is 0 Å². The van der Waals surface area contributed by atoms with Crippen LogP contribution in [0.1, 0.15) is 5.56 Å². The van der Waals surface area contributed by atoms with E-state index in [0.29, 0.717) is 10.8 Å². The van der Waals surface area contributed by atoms with Gasteiger partial charge in [0.05, 0.1) is 11.6 Å². The van der Waals surface area contributed by atoms with E-state index in [1.54, 1.807) is 24.3 Å². The molecule has 3 aromatic rings. The van der Waals surface area contributed by atoms with Gasteiger partial charge in [0.25, 0.3) is 5.56 Å². The molecule has 7 heteroatoms. The van der Waals surface area contributed by atoms with Gasteiger partial charge < -0.3 is 4.90 Å². The fourth-order valence-corrected chi connectivity index (χ4v) is 2.48. The van der Waals surface area contributed by atoms with Gasteiger partial charge >= 0.3 is 0 Å². The molecule has 0 spiro atoms. The van der Waals surface area contributed by atoms with Crippen LogP contribution in [0.25, 0.3) is 10.8 Å². The number of benzene rings is 2. The molecule has 3 rings (SSSR count). The fraction of sp³-hybridized carbons (Fsp3) is 0.167. The summed E-state index contributed by atoms with van der Waals surface area (Å²) in [6.07, 6.45) is 1.52. The molecule has 1 aromatic heterocycles. The summed E-state index contributed by atoms with van der Waals surface area (Å²) in [4.78, 5) is 25.9. The Morgan fingerprint density at radius 3 is 2.72 bits per heavy atom. The highest BCUT2D eigenvalue weighted by molar-refractivity contribution is 5.81. The average Bonchev–Trinajstić information content (AvgIpc) is 2.60. The Balaban J connectivity index is 1.77. The van der Waals surface area contributed by atoms with Gasteiger partial charge in [-0.05, 0) is 12.1 Å². The lowest BCUT2D eigenvalue weighted by Crippen LogP contribution is -2.34. The van der Waals surface area contributed by atoms with Gasteiger partial charge in [-0.3, -0.25) is 9.59 Å². The van der Waals surface area contributed by atoms with Gasteiger partial charge in [0.15, 0.2) is 0 Å². The largest absolute Gasteiger partial charge is 0.340 e. The monoisotopic (exact) mass is 343 g/mol. The van der Waals surface area contributed by atoms with Gasteiger partial charge in [-0.15, -0.1) is 0 Å². The normalized spacial score (nSPS) is 10.8. The number of carbonyl (C=O) groups is 1. The zero-order valence-electron chi connectivity index (χ0n) is 13.4. The molecule has 0 fully saturated rings. The van der Waals surface area contributed by atoms with E-state index in [1.807, 2.05) is 0 Å². The van der Waals surface area contributed by atoms with Crippen LogP contribution < -0.4 is 5.56 Å². The summed E-state index contributed by atoms with van der Waals surface area (Å²) in [7, 11) is 1.48. The van der Waals surface area contributed by atoms with Crippen molar-refractivity contribution >= 4 is 16.7 Å². The molecule has 0 aliphatic heterocycles. The maximum atomic E-state index is 13.7. The third-order valence-corrected chi connectivity index (χ3v) is 3.90. The number of carbonyl (C=O) groups excluding carboxylic acids is 1. The first-order valence-electron chi connectivity index (χ1n) is 7.58. The molecule has 0 unspecified atom stereocenters. The number of rotatable bonds is 4. The van der Waals surface area contributed by atoms with Crippen molar-refractivity contribution in [1.82, 2.24) is 14.7 Å². The van der Waals surface area contributed by atoms with Crippen LogP contribution >= 0.6 is 0 Å². The Hall–Kier alpha value is -3.09. The summed E-state index contributed by atoms with van der Waals surface area (Å²) in [6.45, 7) is -0.295. The number of halogens is 2. The molecule has 5 nitrogen and oxygen atoms in total. The molecule has 0 aliphatic rings. The number of nitrogens with zero attached hydrogens (tertiary/aromatic N) is 3. The molecule has 2 aromatic carbocycles. The minimum absolute atomic E-state index is 0.0344. The summed E-state index contributed by atoms with van der Waals surface area (Å²) >= 11 is 0. The Bertz CT molecular complexity index is 1000. The molecule has 0 saturated heterocycles. The molecule has 0 N–H and O–H groups in total. The summed E-state index contributed by atoms with van der Waals surface area (Å²) in [5, 5.41) is 5.16. The van der Waals surface area contributed by atoms with Crippen LogP contribution in [-0.2, 0) is 17.9 Å². The van der Waals surface area contributed by atoms with Crippen molar-refractivity contribution < 1.29 is 13.6 Å². The molecule has 128 valence electrons. The molecule has 0 aliphatic carbocycles. The summed E-state index contributed by atoms with van der Waals surface area (Å²) in [5.74, 6) is -1.81. The fourth-order valence-electron chi connectivity index (χ4n) is 2.48. The zero-order valence-corrected chi connectivity index (χ0v) is 13.4. The van der Waals surface area contributed by atoms with E-state index < -0.39 is 17.5 Å². The standard InChI is InChI=1S/C18H15F2N3O2/c1-22(10-13-6-7-14(19)8-16(13)20)17(24)11-23-18(25)15-5-3-2-4-12(15)9-21-23/h2-9H,10-11H2,1H3. The SMILES string of the molecule is CN(Cc1ccc(F)cc1F)C(=O)Cn1ncc2ccccc2c1=O. The van der Waals surface area contributed by atoms with Crippen LogP contribution in [0.2, 0.25) is 0 Å². The zero-order chi connectivity index (χ0) is 18.0. The van der Waals surface area contributed by atoms with E-state index in [-0.39, 0.29) is 24.2 Å². The van der Waals surface area contributed by atoms with E-state index in [2.05, 4.69) is 5.10 Å². The molecule has 1 amide bonds. The lowest BCUT2D eigenvalue weighted by atomic mass is 10.2. The van der Waals surface area contributed by atoms with Crippen molar-refractivity contribution in [3.63, 3.8) is 0 Å². The van der Waals surface area contributed by atoms with Gasteiger partial charge in [0.1, 0.15) is 18.2 Å². The first-order chi connectivity index (χ1) is 12.0. The first kappa shape index (κ1) is 16.8. The van der Waals surface area contributed by atoms with E-state index in [0.717, 1.165) is 16.8 Å². The van der Waals surface area contributed by atoms with E-state index in [9.17, 15) is 18.4 Å². The van der Waals surface area contributed by atoms with Crippen LogP contribution in [0.5, 0.6) is 0 Å². The third-order valence-electron chi connectivity index (χ3n) is 3.90. The van der Waals surface area contributed by atoms with Crippen molar-refractivity contribution in [2.75, 3.05) is 7.05 Å². The van der Waals surface area contributed by atoms with Gasteiger partial charge in [-0.2, -0.15) is 5.10 Å². The molecule has 0 atom stereocenters. The molecule has 0 saturated carbocycles. The van der Waals surface area contributed by atoms with Crippen LogP contribution in [0.15, 0.2) is 53.5 Å². The number of hydrogen-bond acceptors (Lipinski definition) is 3. The van der Waals surface area contributed by atoms with Crippen LogP contribution in [0.4, 0.5) is 8.78 Å². The number of likely N-dealkylation sites (N-methyl/N-ethyl adjacent to an activating group) is 1. The Morgan fingerprint density at radius 1 is 1.20 bits per heavy atom. The molecule has 0 bridgehead atoms. The molecule has 0 radical (unpaired) electrons. The van der Waals surface area contributed by atoms with E-state index in [4.69, 9.17) is 0 Å². The van der Waals surface area contributed by atoms with E-state index in [1.165, 1.54) is 24.2 Å². The second-order valence-electron chi connectivity index (χ2n) is 5.68. The molecule has 1 heterocycles. The molecular formula is C18H15F2N3O2. The molecular weight excluding hydrogens is 328 g/mol. The average molecular weight is 343 g/mol. The predicted molar refractivity (Wildman–Crippen MR) is 88.8 cm³/mol. The minimum atomic E-state index is -0.722. The Kier molecular flexibility index (Phi) is 4.56. The van der Waals surface area contributed by atoms with Gasteiger partial charge in [-0.1, -0.05) is 24.3 Å². The summed E-state index contributed by atoms with van der Waals surface area (Å²) < 4.78 is 27.7. The number of amides is 1. The van der Waals surface area contributed by atoms with Crippen molar-refractivity contribution in [3.8, 4) is 0 Å². The van der Waals surface area contributed by atoms with Gasteiger partial charge in [0.2, 0.25) is 5.91 Å². The first-order valence-corrected chi connectivity index (χ1v) is 7.58. The topological polar surface area (TPSA) is 55.2 Å². The maximum Gasteiger partial charge on any atom is 0.275 e. The van der Waals surface area contributed by atoms with Gasteiger partial charge in [-0.25, -0.2) is 13.5 Å². The van der Waals surface area contributed by atoms with Crippen molar-refractivity contribution in [2.45, 2.75) is 13.1 Å². The third kappa shape index (κ3) is 3.55. The number of hydrogen-bond donors (Lipinski definition) is 0. The Labute approximate surface area is 142 Å². The highest BCUT2D eigenvalue weighted by Crippen LogP contribution is 2.12.